The van der Waals surface area contributed by atoms with E-state index in [-0.39, 0.29) is 0 Å². The first-order chi connectivity index (χ1) is 12.2. The topological polar surface area (TPSA) is 63.2 Å². The zero-order valence-electron chi connectivity index (χ0n) is 14.4. The molecule has 0 saturated heterocycles. The Morgan fingerprint density at radius 3 is 2.48 bits per heavy atom. The van der Waals surface area contributed by atoms with Crippen LogP contribution in [0.25, 0.3) is 0 Å². The average molecular weight is 335 g/mol. The monoisotopic (exact) mass is 335 g/mol. The van der Waals surface area contributed by atoms with E-state index >= 15 is 0 Å². The number of rotatable bonds is 7. The van der Waals surface area contributed by atoms with Gasteiger partial charge in [-0.05, 0) is 23.3 Å². The largest absolute Gasteiger partial charge is 0.497 e. The zero-order chi connectivity index (χ0) is 17.5. The van der Waals surface area contributed by atoms with Crippen LogP contribution in [0.5, 0.6) is 5.75 Å². The lowest BCUT2D eigenvalue weighted by molar-refractivity contribution is 0.414. The lowest BCUT2D eigenvalue weighted by Crippen LogP contribution is -2.19. The summed E-state index contributed by atoms with van der Waals surface area (Å²) in [6.45, 7) is 1.38. The summed E-state index contributed by atoms with van der Waals surface area (Å²) in [7, 11) is 3.65. The van der Waals surface area contributed by atoms with Crippen LogP contribution >= 0.6 is 0 Å². The van der Waals surface area contributed by atoms with Crippen molar-refractivity contribution >= 4 is 11.8 Å². The molecule has 0 spiro atoms. The van der Waals surface area contributed by atoms with E-state index < -0.39 is 0 Å². The van der Waals surface area contributed by atoms with Crippen LogP contribution in [0.1, 0.15) is 11.1 Å². The summed E-state index contributed by atoms with van der Waals surface area (Å²) in [5, 5.41) is 11.3. The predicted molar refractivity (Wildman–Crippen MR) is 98.7 cm³/mol. The van der Waals surface area contributed by atoms with E-state index in [2.05, 4.69) is 32.6 Å². The molecule has 2 aromatic carbocycles. The minimum atomic E-state index is 0.508. The number of hydrogen-bond acceptors (Lipinski definition) is 6. The highest BCUT2D eigenvalue weighted by Crippen LogP contribution is 2.14. The fourth-order valence-electron chi connectivity index (χ4n) is 2.42. The predicted octanol–water partition coefficient (Wildman–Crippen LogP) is 3.13. The molecule has 1 heterocycles. The first-order valence-electron chi connectivity index (χ1n) is 8.06. The summed E-state index contributed by atoms with van der Waals surface area (Å²) in [6, 6.07) is 18.1. The summed E-state index contributed by atoms with van der Waals surface area (Å²) < 4.78 is 5.16. The third kappa shape index (κ3) is 4.67. The average Bonchev–Trinajstić information content (AvgIpc) is 2.68. The summed E-state index contributed by atoms with van der Waals surface area (Å²) in [5.74, 6) is 2.12. The van der Waals surface area contributed by atoms with Crippen LogP contribution in [0, 0.1) is 0 Å². The van der Waals surface area contributed by atoms with E-state index in [1.54, 1.807) is 13.3 Å². The smallest absolute Gasteiger partial charge is 0.244 e. The van der Waals surface area contributed by atoms with E-state index in [9.17, 15) is 0 Å². The van der Waals surface area contributed by atoms with E-state index in [0.717, 1.165) is 23.7 Å². The molecule has 0 aliphatic rings. The Balaban J connectivity index is 1.62. The molecule has 0 unspecified atom stereocenters. The molecular formula is C19H21N5O. The van der Waals surface area contributed by atoms with Crippen molar-refractivity contribution in [2.45, 2.75) is 13.1 Å². The Hall–Kier alpha value is -3.15. The lowest BCUT2D eigenvalue weighted by atomic mass is 10.2. The normalized spacial score (nSPS) is 10.3. The standard InChI is InChI=1S/C19H21N5O/c1-24(14-16-6-4-3-5-7-16)18-13-21-23-19(22-18)20-12-15-8-10-17(25-2)11-9-15/h3-11,13H,12,14H2,1-2H3,(H,20,22,23). The molecule has 0 fully saturated rings. The van der Waals surface area contributed by atoms with Gasteiger partial charge < -0.3 is 15.0 Å². The third-order valence-electron chi connectivity index (χ3n) is 3.81. The van der Waals surface area contributed by atoms with Gasteiger partial charge in [-0.1, -0.05) is 42.5 Å². The molecule has 3 aromatic rings. The number of methoxy groups -OCH3 is 1. The van der Waals surface area contributed by atoms with E-state index in [0.29, 0.717) is 12.5 Å². The van der Waals surface area contributed by atoms with E-state index in [4.69, 9.17) is 4.74 Å². The zero-order valence-corrected chi connectivity index (χ0v) is 14.4. The minimum Gasteiger partial charge on any atom is -0.497 e. The van der Waals surface area contributed by atoms with Crippen LogP contribution < -0.4 is 15.0 Å². The molecule has 3 rings (SSSR count). The van der Waals surface area contributed by atoms with Crippen LogP contribution in [-0.2, 0) is 13.1 Å². The molecule has 0 radical (unpaired) electrons. The molecule has 0 amide bonds. The fourth-order valence-corrected chi connectivity index (χ4v) is 2.42. The Morgan fingerprint density at radius 2 is 1.76 bits per heavy atom. The molecule has 1 N–H and O–H groups in total. The molecule has 0 bridgehead atoms. The Morgan fingerprint density at radius 1 is 1.00 bits per heavy atom. The van der Waals surface area contributed by atoms with Crippen LogP contribution in [0.4, 0.5) is 11.8 Å². The van der Waals surface area contributed by atoms with Crippen LogP contribution in [-0.4, -0.2) is 29.3 Å². The van der Waals surface area contributed by atoms with E-state index in [1.165, 1.54) is 5.56 Å². The Kier molecular flexibility index (Phi) is 5.41. The Labute approximate surface area is 147 Å². The minimum absolute atomic E-state index is 0.508. The number of benzene rings is 2. The lowest BCUT2D eigenvalue weighted by Gasteiger charge is -2.18. The summed E-state index contributed by atoms with van der Waals surface area (Å²) in [4.78, 5) is 6.58. The van der Waals surface area contributed by atoms with Gasteiger partial charge in [-0.15, -0.1) is 5.10 Å². The molecule has 6 nitrogen and oxygen atoms in total. The van der Waals surface area contributed by atoms with Crippen LogP contribution in [0.15, 0.2) is 60.8 Å². The highest BCUT2D eigenvalue weighted by molar-refractivity contribution is 5.41. The second-order valence-corrected chi connectivity index (χ2v) is 5.68. The first-order valence-corrected chi connectivity index (χ1v) is 8.06. The van der Waals surface area contributed by atoms with Gasteiger partial charge in [-0.25, -0.2) is 0 Å². The maximum atomic E-state index is 5.16. The van der Waals surface area contributed by atoms with Gasteiger partial charge in [0.05, 0.1) is 13.3 Å². The number of aromatic nitrogens is 3. The first kappa shape index (κ1) is 16.7. The van der Waals surface area contributed by atoms with Gasteiger partial charge in [0.1, 0.15) is 5.75 Å². The van der Waals surface area contributed by atoms with Gasteiger partial charge >= 0.3 is 0 Å². The second-order valence-electron chi connectivity index (χ2n) is 5.68. The van der Waals surface area contributed by atoms with Crippen LogP contribution in [0.3, 0.4) is 0 Å². The number of nitrogens with one attached hydrogen (secondary N) is 1. The molecule has 1 aromatic heterocycles. The number of ether oxygens (including phenoxy) is 1. The molecule has 6 heteroatoms. The van der Waals surface area contributed by atoms with E-state index in [1.807, 2.05) is 54.4 Å². The highest BCUT2D eigenvalue weighted by atomic mass is 16.5. The maximum Gasteiger partial charge on any atom is 0.244 e. The third-order valence-corrected chi connectivity index (χ3v) is 3.81. The van der Waals surface area contributed by atoms with Crippen molar-refractivity contribution in [3.05, 3.63) is 71.9 Å². The van der Waals surface area contributed by atoms with Crippen molar-refractivity contribution in [1.29, 1.82) is 0 Å². The van der Waals surface area contributed by atoms with Crippen molar-refractivity contribution in [2.75, 3.05) is 24.4 Å². The number of anilines is 2. The maximum absolute atomic E-state index is 5.16. The molecule has 25 heavy (non-hydrogen) atoms. The van der Waals surface area contributed by atoms with Gasteiger partial charge in [0, 0.05) is 20.1 Å². The molecule has 0 saturated carbocycles. The summed E-state index contributed by atoms with van der Waals surface area (Å²) in [6.07, 6.45) is 1.67. The molecule has 0 aliphatic carbocycles. The van der Waals surface area contributed by atoms with Gasteiger partial charge in [0.2, 0.25) is 5.95 Å². The molecule has 0 atom stereocenters. The highest BCUT2D eigenvalue weighted by Gasteiger charge is 2.06. The summed E-state index contributed by atoms with van der Waals surface area (Å²) >= 11 is 0. The number of nitrogens with zero attached hydrogens (tertiary/aromatic N) is 4. The van der Waals surface area contributed by atoms with Gasteiger partial charge in [0.15, 0.2) is 5.82 Å². The van der Waals surface area contributed by atoms with Gasteiger partial charge in [-0.2, -0.15) is 10.1 Å². The number of hydrogen-bond donors (Lipinski definition) is 1. The van der Waals surface area contributed by atoms with Crippen molar-refractivity contribution in [3.63, 3.8) is 0 Å². The van der Waals surface area contributed by atoms with Gasteiger partial charge in [0.25, 0.3) is 0 Å². The van der Waals surface area contributed by atoms with Crippen molar-refractivity contribution in [2.24, 2.45) is 0 Å². The second kappa shape index (κ2) is 8.10. The molecule has 128 valence electrons. The summed E-state index contributed by atoms with van der Waals surface area (Å²) in [5.41, 5.74) is 2.34. The van der Waals surface area contributed by atoms with Crippen LogP contribution in [0.2, 0.25) is 0 Å². The Bertz CT molecular complexity index is 792. The van der Waals surface area contributed by atoms with Crippen molar-refractivity contribution in [1.82, 2.24) is 15.2 Å². The fraction of sp³-hybridized carbons (Fsp3) is 0.211. The molecule has 0 aliphatic heterocycles. The molecular weight excluding hydrogens is 314 g/mol. The van der Waals surface area contributed by atoms with Gasteiger partial charge in [-0.3, -0.25) is 0 Å². The SMILES string of the molecule is COc1ccc(CNc2nncc(N(C)Cc3ccccc3)n2)cc1. The van der Waals surface area contributed by atoms with Crippen molar-refractivity contribution < 1.29 is 4.74 Å². The van der Waals surface area contributed by atoms with Crippen molar-refractivity contribution in [3.8, 4) is 5.75 Å². The quantitative estimate of drug-likeness (QED) is 0.716.